The lowest BCUT2D eigenvalue weighted by Crippen LogP contribution is -2.27. The van der Waals surface area contributed by atoms with Crippen molar-refractivity contribution < 1.29 is 17.5 Å². The van der Waals surface area contributed by atoms with E-state index < -0.39 is 15.8 Å². The van der Waals surface area contributed by atoms with Gasteiger partial charge in [-0.3, -0.25) is 4.31 Å². The van der Waals surface area contributed by atoms with Gasteiger partial charge in [0, 0.05) is 7.05 Å². The van der Waals surface area contributed by atoms with Gasteiger partial charge < -0.3 is 4.74 Å². The van der Waals surface area contributed by atoms with E-state index in [2.05, 4.69) is 0 Å². The van der Waals surface area contributed by atoms with E-state index in [1.165, 1.54) is 38.4 Å². The van der Waals surface area contributed by atoms with Gasteiger partial charge in [0.2, 0.25) is 0 Å². The molecule has 0 aromatic heterocycles. The highest BCUT2D eigenvalue weighted by Crippen LogP contribution is 2.29. The molecule has 0 bridgehead atoms. The Balaban J connectivity index is 2.53. The Bertz CT molecular complexity index is 716. The largest absolute Gasteiger partial charge is 0.495 e. The first-order valence-corrected chi connectivity index (χ1v) is 7.29. The zero-order chi connectivity index (χ0) is 14.8. The quantitative estimate of drug-likeness (QED) is 0.871. The second-order valence-electron chi connectivity index (χ2n) is 4.07. The van der Waals surface area contributed by atoms with E-state index in [0.29, 0.717) is 0 Å². The zero-order valence-corrected chi connectivity index (χ0v) is 11.9. The molecule has 0 fully saturated rings. The summed E-state index contributed by atoms with van der Waals surface area (Å²) in [5.74, 6) is -0.385. The van der Waals surface area contributed by atoms with Crippen molar-refractivity contribution in [1.29, 1.82) is 0 Å². The number of hydrogen-bond acceptors (Lipinski definition) is 3. The Kier molecular flexibility index (Phi) is 3.94. The van der Waals surface area contributed by atoms with Gasteiger partial charge in [0.15, 0.2) is 0 Å². The van der Waals surface area contributed by atoms with Crippen molar-refractivity contribution in [1.82, 2.24) is 0 Å². The van der Waals surface area contributed by atoms with E-state index >= 15 is 0 Å². The Morgan fingerprint density at radius 1 is 1.05 bits per heavy atom. The van der Waals surface area contributed by atoms with E-state index in [0.717, 1.165) is 4.31 Å². The number of para-hydroxylation sites is 2. The molecule has 0 aliphatic carbocycles. The third-order valence-corrected chi connectivity index (χ3v) is 4.71. The molecule has 0 radical (unpaired) electrons. The highest BCUT2D eigenvalue weighted by Gasteiger charge is 2.26. The van der Waals surface area contributed by atoms with Crippen LogP contribution in [0.15, 0.2) is 53.4 Å². The van der Waals surface area contributed by atoms with Crippen LogP contribution in [0, 0.1) is 5.82 Å². The highest BCUT2D eigenvalue weighted by molar-refractivity contribution is 7.92. The first kappa shape index (κ1) is 14.3. The van der Waals surface area contributed by atoms with E-state index in [-0.39, 0.29) is 16.3 Å². The Labute approximate surface area is 117 Å². The predicted molar refractivity (Wildman–Crippen MR) is 75.0 cm³/mol. The van der Waals surface area contributed by atoms with Crippen molar-refractivity contribution in [3.05, 3.63) is 54.3 Å². The maximum absolute atomic E-state index is 13.7. The lowest BCUT2D eigenvalue weighted by Gasteiger charge is -2.21. The third-order valence-electron chi connectivity index (χ3n) is 2.90. The second-order valence-corrected chi connectivity index (χ2v) is 6.01. The number of anilines is 1. The van der Waals surface area contributed by atoms with E-state index in [1.54, 1.807) is 24.3 Å². The van der Waals surface area contributed by atoms with Crippen molar-refractivity contribution in [2.75, 3.05) is 18.5 Å². The summed E-state index contributed by atoms with van der Waals surface area (Å²) in [6.07, 6.45) is 0. The second kappa shape index (κ2) is 5.50. The molecule has 0 heterocycles. The maximum Gasteiger partial charge on any atom is 0.267 e. The molecule has 2 rings (SSSR count). The Morgan fingerprint density at radius 2 is 1.65 bits per heavy atom. The Hall–Kier alpha value is -2.08. The van der Waals surface area contributed by atoms with Crippen LogP contribution in [0.3, 0.4) is 0 Å². The standard InChI is InChI=1S/C14H14FNO3S/c1-16(12-8-4-3-7-11(12)15)20(17,18)14-10-6-5-9-13(14)19-2/h3-10H,1-2H3. The fraction of sp³-hybridized carbons (Fsp3) is 0.143. The molecular weight excluding hydrogens is 281 g/mol. The summed E-state index contributed by atoms with van der Waals surface area (Å²) >= 11 is 0. The lowest BCUT2D eigenvalue weighted by atomic mass is 10.3. The molecule has 6 heteroatoms. The fourth-order valence-corrected chi connectivity index (χ4v) is 3.17. The van der Waals surface area contributed by atoms with Gasteiger partial charge in [0.25, 0.3) is 10.0 Å². The fourth-order valence-electron chi connectivity index (χ4n) is 1.82. The molecule has 2 aromatic carbocycles. The average molecular weight is 295 g/mol. The number of nitrogens with zero attached hydrogens (tertiary/aromatic N) is 1. The summed E-state index contributed by atoms with van der Waals surface area (Å²) in [4.78, 5) is -0.00625. The molecule has 0 spiro atoms. The molecule has 0 saturated heterocycles. The van der Waals surface area contributed by atoms with Crippen LogP contribution in [0.1, 0.15) is 0 Å². The Morgan fingerprint density at radius 3 is 2.30 bits per heavy atom. The van der Waals surface area contributed by atoms with Gasteiger partial charge in [-0.05, 0) is 24.3 Å². The van der Waals surface area contributed by atoms with Crippen LogP contribution in [0.4, 0.5) is 10.1 Å². The average Bonchev–Trinajstić information content (AvgIpc) is 2.47. The van der Waals surface area contributed by atoms with Gasteiger partial charge in [0.05, 0.1) is 12.8 Å². The molecule has 0 aliphatic heterocycles. The predicted octanol–water partition coefficient (Wildman–Crippen LogP) is 2.66. The summed E-state index contributed by atoms with van der Waals surface area (Å²) in [6, 6.07) is 11.9. The van der Waals surface area contributed by atoms with Crippen LogP contribution in [-0.2, 0) is 10.0 Å². The molecule has 0 atom stereocenters. The van der Waals surface area contributed by atoms with Crippen molar-refractivity contribution in [3.8, 4) is 5.75 Å². The topological polar surface area (TPSA) is 46.6 Å². The minimum absolute atomic E-state index is 0.00625. The summed E-state index contributed by atoms with van der Waals surface area (Å²) in [5.41, 5.74) is -0.0154. The minimum Gasteiger partial charge on any atom is -0.495 e. The third kappa shape index (κ3) is 2.46. The molecule has 0 saturated carbocycles. The molecule has 2 aromatic rings. The van der Waals surface area contributed by atoms with Crippen LogP contribution in [-0.4, -0.2) is 22.6 Å². The highest BCUT2D eigenvalue weighted by atomic mass is 32.2. The number of rotatable bonds is 4. The normalized spacial score (nSPS) is 11.2. The first-order valence-electron chi connectivity index (χ1n) is 5.85. The number of sulfonamides is 1. The van der Waals surface area contributed by atoms with Gasteiger partial charge in [0.1, 0.15) is 16.5 Å². The summed E-state index contributed by atoms with van der Waals surface area (Å²) in [7, 11) is -1.20. The molecular formula is C14H14FNO3S. The number of benzene rings is 2. The summed E-state index contributed by atoms with van der Waals surface area (Å²) in [5, 5.41) is 0. The number of halogens is 1. The van der Waals surface area contributed by atoms with Crippen molar-refractivity contribution in [3.63, 3.8) is 0 Å². The number of ether oxygens (including phenoxy) is 1. The van der Waals surface area contributed by atoms with Gasteiger partial charge >= 0.3 is 0 Å². The van der Waals surface area contributed by atoms with Crippen LogP contribution >= 0.6 is 0 Å². The van der Waals surface area contributed by atoms with Crippen LogP contribution in [0.2, 0.25) is 0 Å². The van der Waals surface area contributed by atoms with E-state index in [9.17, 15) is 12.8 Å². The van der Waals surface area contributed by atoms with Crippen molar-refractivity contribution in [2.45, 2.75) is 4.90 Å². The lowest BCUT2D eigenvalue weighted by molar-refractivity contribution is 0.402. The van der Waals surface area contributed by atoms with Crippen molar-refractivity contribution >= 4 is 15.7 Å². The smallest absolute Gasteiger partial charge is 0.267 e. The molecule has 106 valence electrons. The van der Waals surface area contributed by atoms with E-state index in [1.807, 2.05) is 0 Å². The number of hydrogen-bond donors (Lipinski definition) is 0. The molecule has 4 nitrogen and oxygen atoms in total. The van der Waals surface area contributed by atoms with Crippen LogP contribution in [0.5, 0.6) is 5.75 Å². The van der Waals surface area contributed by atoms with Gasteiger partial charge in [-0.15, -0.1) is 0 Å². The van der Waals surface area contributed by atoms with Gasteiger partial charge in [-0.2, -0.15) is 0 Å². The van der Waals surface area contributed by atoms with E-state index in [4.69, 9.17) is 4.74 Å². The molecule has 0 N–H and O–H groups in total. The summed E-state index contributed by atoms with van der Waals surface area (Å²) in [6.45, 7) is 0. The summed E-state index contributed by atoms with van der Waals surface area (Å²) < 4.78 is 44.8. The molecule has 20 heavy (non-hydrogen) atoms. The van der Waals surface area contributed by atoms with Crippen molar-refractivity contribution in [2.24, 2.45) is 0 Å². The molecule has 0 aliphatic rings. The monoisotopic (exact) mass is 295 g/mol. The molecule has 0 unspecified atom stereocenters. The zero-order valence-electron chi connectivity index (χ0n) is 11.1. The SMILES string of the molecule is COc1ccccc1S(=O)(=O)N(C)c1ccccc1F. The number of methoxy groups -OCH3 is 1. The first-order chi connectivity index (χ1) is 9.48. The van der Waals surface area contributed by atoms with Crippen LogP contribution < -0.4 is 9.04 Å². The molecule has 0 amide bonds. The minimum atomic E-state index is -3.89. The van der Waals surface area contributed by atoms with Gasteiger partial charge in [-0.1, -0.05) is 24.3 Å². The maximum atomic E-state index is 13.7. The van der Waals surface area contributed by atoms with Crippen LogP contribution in [0.25, 0.3) is 0 Å². The van der Waals surface area contributed by atoms with Gasteiger partial charge in [-0.25, -0.2) is 12.8 Å².